The third-order valence-corrected chi connectivity index (χ3v) is 4.66. The number of carbonyl (C=O) groups excluding carboxylic acids is 1. The average molecular weight is 291 g/mol. The van der Waals surface area contributed by atoms with Crippen LogP contribution in [0.3, 0.4) is 0 Å². The highest BCUT2D eigenvalue weighted by molar-refractivity contribution is 7.09. The molecule has 106 valence electrons. The smallest absolute Gasteiger partial charge is 0.292 e. The Morgan fingerprint density at radius 3 is 2.95 bits per heavy atom. The number of likely N-dealkylation sites (tertiary alicyclic amines) is 1. The predicted molar refractivity (Wildman–Crippen MR) is 76.0 cm³/mol. The van der Waals surface area contributed by atoms with Crippen molar-refractivity contribution in [1.82, 2.24) is 15.0 Å². The highest BCUT2D eigenvalue weighted by atomic mass is 32.1. The van der Waals surface area contributed by atoms with Gasteiger partial charge in [-0.2, -0.15) is 0 Å². The van der Waals surface area contributed by atoms with Gasteiger partial charge in [0.15, 0.2) is 0 Å². The van der Waals surface area contributed by atoms with Gasteiger partial charge in [-0.3, -0.25) is 4.79 Å². The van der Waals surface area contributed by atoms with Gasteiger partial charge < -0.3 is 9.42 Å². The van der Waals surface area contributed by atoms with E-state index in [0.717, 1.165) is 35.8 Å². The Morgan fingerprint density at radius 2 is 2.30 bits per heavy atom. The van der Waals surface area contributed by atoms with E-state index >= 15 is 0 Å². The van der Waals surface area contributed by atoms with Crippen LogP contribution in [0.5, 0.6) is 0 Å². The topological polar surface area (TPSA) is 59.2 Å². The summed E-state index contributed by atoms with van der Waals surface area (Å²) in [5.74, 6) is 0.609. The highest BCUT2D eigenvalue weighted by Crippen LogP contribution is 2.29. The maximum atomic E-state index is 12.4. The van der Waals surface area contributed by atoms with Gasteiger partial charge in [0.05, 0.1) is 10.7 Å². The second-order valence-corrected chi connectivity index (χ2v) is 6.14. The second-order valence-electron chi connectivity index (χ2n) is 5.25. The molecule has 1 fully saturated rings. The van der Waals surface area contributed by atoms with Gasteiger partial charge in [0, 0.05) is 36.1 Å². The summed E-state index contributed by atoms with van der Waals surface area (Å²) >= 11 is 1.68. The lowest BCUT2D eigenvalue weighted by Gasteiger charge is -2.31. The fourth-order valence-corrected chi connectivity index (χ4v) is 3.47. The van der Waals surface area contributed by atoms with Gasteiger partial charge in [0.25, 0.3) is 5.91 Å². The number of hydrogen-bond donors (Lipinski definition) is 0. The minimum Gasteiger partial charge on any atom is -0.351 e. The summed E-state index contributed by atoms with van der Waals surface area (Å²) in [5.41, 5.74) is 1.79. The molecule has 1 aliphatic rings. The summed E-state index contributed by atoms with van der Waals surface area (Å²) in [4.78, 5) is 18.8. The minimum atomic E-state index is -0.0661. The van der Waals surface area contributed by atoms with E-state index in [1.807, 2.05) is 18.7 Å². The number of hydrogen-bond acceptors (Lipinski definition) is 5. The number of carbonyl (C=O) groups is 1. The van der Waals surface area contributed by atoms with E-state index < -0.39 is 0 Å². The standard InChI is InChI=1S/C14H17N3O2S/c1-9-6-12(19-16-9)14(18)17-5-3-4-11(7-17)13-15-10(2)8-20-13/h6,8,11H,3-5,7H2,1-2H3/t11-/m1/s1. The molecule has 2 aromatic heterocycles. The molecule has 6 heteroatoms. The van der Waals surface area contributed by atoms with Gasteiger partial charge in [-0.1, -0.05) is 5.16 Å². The van der Waals surface area contributed by atoms with Crippen molar-refractivity contribution in [3.63, 3.8) is 0 Å². The first kappa shape index (κ1) is 13.3. The molecule has 1 aliphatic heterocycles. The molecule has 0 aromatic carbocycles. The number of aromatic nitrogens is 2. The van der Waals surface area contributed by atoms with E-state index in [4.69, 9.17) is 4.52 Å². The summed E-state index contributed by atoms with van der Waals surface area (Å²) in [5, 5.41) is 6.98. The van der Waals surface area contributed by atoms with Crippen molar-refractivity contribution < 1.29 is 9.32 Å². The van der Waals surface area contributed by atoms with Gasteiger partial charge >= 0.3 is 0 Å². The molecule has 0 unspecified atom stereocenters. The summed E-state index contributed by atoms with van der Waals surface area (Å²) < 4.78 is 5.07. The summed E-state index contributed by atoms with van der Waals surface area (Å²) in [6.07, 6.45) is 2.09. The Balaban J connectivity index is 1.73. The SMILES string of the molecule is Cc1cc(C(=O)N2CCC[C@@H](c3nc(C)cs3)C2)on1. The maximum absolute atomic E-state index is 12.4. The Labute approximate surface area is 121 Å². The fourth-order valence-electron chi connectivity index (χ4n) is 2.54. The average Bonchev–Trinajstić information content (AvgIpc) is 3.07. The number of nitrogens with zero attached hydrogens (tertiary/aromatic N) is 3. The molecule has 3 heterocycles. The summed E-state index contributed by atoms with van der Waals surface area (Å²) in [6, 6.07) is 1.69. The molecule has 0 saturated carbocycles. The van der Waals surface area contributed by atoms with Gasteiger partial charge in [-0.15, -0.1) is 11.3 Å². The lowest BCUT2D eigenvalue weighted by molar-refractivity contribution is 0.0665. The van der Waals surface area contributed by atoms with Crippen LogP contribution in [0, 0.1) is 13.8 Å². The molecule has 3 rings (SSSR count). The quantitative estimate of drug-likeness (QED) is 0.853. The predicted octanol–water partition coefficient (Wildman–Crippen LogP) is 2.77. The van der Waals surface area contributed by atoms with Crippen LogP contribution in [0.25, 0.3) is 0 Å². The van der Waals surface area contributed by atoms with Crippen molar-refractivity contribution in [2.45, 2.75) is 32.6 Å². The Kier molecular flexibility index (Phi) is 3.56. The maximum Gasteiger partial charge on any atom is 0.292 e. The van der Waals surface area contributed by atoms with Crippen LogP contribution in [-0.2, 0) is 0 Å². The molecule has 20 heavy (non-hydrogen) atoms. The van der Waals surface area contributed by atoms with Crippen LogP contribution < -0.4 is 0 Å². The third kappa shape index (κ3) is 2.60. The monoisotopic (exact) mass is 291 g/mol. The first-order chi connectivity index (χ1) is 9.63. The number of thiazole rings is 1. The molecule has 0 spiro atoms. The molecule has 0 aliphatic carbocycles. The van der Waals surface area contributed by atoms with Gasteiger partial charge in [0.2, 0.25) is 5.76 Å². The molecular weight excluding hydrogens is 274 g/mol. The van der Waals surface area contributed by atoms with Crippen molar-refractivity contribution in [1.29, 1.82) is 0 Å². The lowest BCUT2D eigenvalue weighted by atomic mass is 9.98. The molecule has 2 aromatic rings. The minimum absolute atomic E-state index is 0.0661. The number of rotatable bonds is 2. The molecule has 0 bridgehead atoms. The van der Waals surface area contributed by atoms with Crippen LogP contribution in [-0.4, -0.2) is 34.0 Å². The van der Waals surface area contributed by atoms with Crippen LogP contribution in [0.15, 0.2) is 16.0 Å². The largest absolute Gasteiger partial charge is 0.351 e. The van der Waals surface area contributed by atoms with Gasteiger partial charge in [-0.25, -0.2) is 4.98 Å². The first-order valence-electron chi connectivity index (χ1n) is 6.78. The number of piperidine rings is 1. The highest BCUT2D eigenvalue weighted by Gasteiger charge is 2.28. The molecule has 0 N–H and O–H groups in total. The zero-order valence-corrected chi connectivity index (χ0v) is 12.4. The molecular formula is C14H17N3O2S. The van der Waals surface area contributed by atoms with E-state index in [1.165, 1.54) is 0 Å². The molecule has 1 amide bonds. The summed E-state index contributed by atoms with van der Waals surface area (Å²) in [7, 11) is 0. The van der Waals surface area contributed by atoms with Crippen molar-refractivity contribution in [2.24, 2.45) is 0 Å². The van der Waals surface area contributed by atoms with Crippen molar-refractivity contribution >= 4 is 17.2 Å². The second kappa shape index (κ2) is 5.36. The molecule has 1 atom stereocenters. The van der Waals surface area contributed by atoms with Crippen LogP contribution in [0.2, 0.25) is 0 Å². The van der Waals surface area contributed by atoms with Crippen LogP contribution in [0.1, 0.15) is 45.7 Å². The van der Waals surface area contributed by atoms with E-state index in [1.54, 1.807) is 17.4 Å². The zero-order chi connectivity index (χ0) is 14.1. The molecule has 5 nitrogen and oxygen atoms in total. The Morgan fingerprint density at radius 1 is 1.45 bits per heavy atom. The summed E-state index contributed by atoms with van der Waals surface area (Å²) in [6.45, 7) is 5.31. The van der Waals surface area contributed by atoms with E-state index in [-0.39, 0.29) is 5.91 Å². The van der Waals surface area contributed by atoms with E-state index in [0.29, 0.717) is 18.2 Å². The van der Waals surface area contributed by atoms with Crippen molar-refractivity contribution in [2.75, 3.05) is 13.1 Å². The first-order valence-corrected chi connectivity index (χ1v) is 7.66. The fraction of sp³-hybridized carbons (Fsp3) is 0.500. The normalized spacial score (nSPS) is 19.3. The third-order valence-electron chi connectivity index (χ3n) is 3.53. The van der Waals surface area contributed by atoms with E-state index in [9.17, 15) is 4.79 Å². The Bertz CT molecular complexity index is 619. The molecule has 1 saturated heterocycles. The number of amides is 1. The Hall–Kier alpha value is -1.69. The van der Waals surface area contributed by atoms with Crippen molar-refractivity contribution in [3.05, 3.63) is 33.6 Å². The van der Waals surface area contributed by atoms with E-state index in [2.05, 4.69) is 15.5 Å². The van der Waals surface area contributed by atoms with Crippen LogP contribution in [0.4, 0.5) is 0 Å². The van der Waals surface area contributed by atoms with Gasteiger partial charge in [0.1, 0.15) is 0 Å². The molecule has 0 radical (unpaired) electrons. The lowest BCUT2D eigenvalue weighted by Crippen LogP contribution is -2.39. The number of aryl methyl sites for hydroxylation is 2. The van der Waals surface area contributed by atoms with Crippen molar-refractivity contribution in [3.8, 4) is 0 Å². The van der Waals surface area contributed by atoms with Gasteiger partial charge in [-0.05, 0) is 26.7 Å². The zero-order valence-electron chi connectivity index (χ0n) is 11.6. The van der Waals surface area contributed by atoms with Crippen LogP contribution >= 0.6 is 11.3 Å².